The average molecular weight is 981 g/mol. The van der Waals surface area contributed by atoms with Gasteiger partial charge >= 0.3 is 0 Å². The van der Waals surface area contributed by atoms with E-state index in [1.807, 2.05) is 151 Å². The Bertz CT molecular complexity index is 2770. The Balaban J connectivity index is 0.000000196. The van der Waals surface area contributed by atoms with Crippen molar-refractivity contribution >= 4 is 33.6 Å². The number of carbonyl (C=O) groups is 2. The van der Waals surface area contributed by atoms with Crippen LogP contribution in [0.3, 0.4) is 0 Å². The number of rotatable bonds is 11. The predicted octanol–water partition coefficient (Wildman–Crippen LogP) is 14.1. The normalized spacial score (nSPS) is 20.1. The highest BCUT2D eigenvalue weighted by Crippen LogP contribution is 2.49. The highest BCUT2D eigenvalue weighted by Gasteiger charge is 2.52. The lowest BCUT2D eigenvalue weighted by molar-refractivity contribution is -0.125. The number of fused-ring (bicyclic) bond motifs is 4. The van der Waals surface area contributed by atoms with Crippen LogP contribution < -0.4 is 26.0 Å². The molecule has 0 bridgehead atoms. The van der Waals surface area contributed by atoms with Gasteiger partial charge < -0.3 is 26.0 Å². The molecule has 384 valence electrons. The summed E-state index contributed by atoms with van der Waals surface area (Å²) in [5.41, 5.74) is 6.75. The smallest absolute Gasteiger partial charge is 0.232 e. The van der Waals surface area contributed by atoms with Gasteiger partial charge in [-0.2, -0.15) is 0 Å². The minimum absolute atomic E-state index is 0.0106. The summed E-state index contributed by atoms with van der Waals surface area (Å²) in [6.45, 7) is 18.5. The molecule has 1 aliphatic carbocycles. The molecule has 11 rings (SSSR count). The number of carbonyl (C=O) groups excluding carboxylic acids is 2. The van der Waals surface area contributed by atoms with Crippen LogP contribution in [-0.2, 0) is 15.0 Å². The van der Waals surface area contributed by atoms with Crippen LogP contribution in [0.4, 0.5) is 0 Å². The van der Waals surface area contributed by atoms with E-state index in [1.165, 1.54) is 19.3 Å². The Kier molecular flexibility index (Phi) is 19.7. The molecule has 0 radical (unpaired) electrons. The van der Waals surface area contributed by atoms with Crippen molar-refractivity contribution in [2.75, 3.05) is 13.1 Å². The summed E-state index contributed by atoms with van der Waals surface area (Å²) in [5, 5.41) is 16.7. The third-order valence-corrected chi connectivity index (χ3v) is 15.1. The summed E-state index contributed by atoms with van der Waals surface area (Å²) in [4.78, 5) is 37.0. The van der Waals surface area contributed by atoms with Crippen LogP contribution in [0.5, 0.6) is 11.5 Å². The zero-order chi connectivity index (χ0) is 51.7. The van der Waals surface area contributed by atoms with Crippen LogP contribution in [0.1, 0.15) is 153 Å². The SMILES string of the molecule is CC.CC.CC.CCC1CC[C@H](C(NC(=O)C2(c3ccccc3)CC2)c2ccnc3ccccc23)NC1.CCC1CC[C@H](C(NC(=O)C2c3ccccc3Oc3ccccc32)c2ccnc3ccccc23)NC1. The standard InChI is InChI=1S/C31H31N3O2.C27H31N3O.3C2H6/c1-2-20-15-16-26(33-19-20)30(22-17-18-32-25-12-6-3-9-21(22)25)34-31(35)29-23-10-4-7-13-27(23)36-28-14-8-5-11-24(28)29;1-2-19-12-13-24(29-18-19)25(22-14-17-28-23-11-7-6-10-21(22)23)30-26(31)27(15-16-27)20-8-4-3-5-9-20;3*1-2/h3-14,17-18,20,26,29-30,33H,2,15-16,19H2,1H3,(H,34,35);3-11,14,17,19,24-25,29H,2,12-13,15-16,18H2,1H3,(H,30,31);3*1-2H3/t20?,26-,30?;19?,24-,25?;;;/m11.../s1. The maximum Gasteiger partial charge on any atom is 0.232 e. The number of benzene rings is 5. The maximum absolute atomic E-state index is 14.2. The highest BCUT2D eigenvalue weighted by atomic mass is 16.5. The molecule has 73 heavy (non-hydrogen) atoms. The second kappa shape index (κ2) is 26.5. The summed E-state index contributed by atoms with van der Waals surface area (Å²) in [6.07, 6.45) is 12.4. The van der Waals surface area contributed by atoms with Crippen molar-refractivity contribution in [2.45, 2.75) is 142 Å². The van der Waals surface area contributed by atoms with Gasteiger partial charge in [0.15, 0.2) is 0 Å². The van der Waals surface area contributed by atoms with Crippen molar-refractivity contribution in [1.29, 1.82) is 0 Å². The van der Waals surface area contributed by atoms with Crippen molar-refractivity contribution in [3.63, 3.8) is 0 Å². The van der Waals surface area contributed by atoms with E-state index in [2.05, 4.69) is 87.5 Å². The number of hydrogen-bond acceptors (Lipinski definition) is 7. The zero-order valence-electron chi connectivity index (χ0n) is 44.7. The number of nitrogens with zero attached hydrogens (tertiary/aromatic N) is 2. The number of para-hydroxylation sites is 4. The van der Waals surface area contributed by atoms with Gasteiger partial charge in [0.1, 0.15) is 11.5 Å². The van der Waals surface area contributed by atoms with E-state index >= 15 is 0 Å². The van der Waals surface area contributed by atoms with Crippen molar-refractivity contribution in [2.24, 2.45) is 11.8 Å². The molecule has 0 spiro atoms. The lowest BCUT2D eigenvalue weighted by atomic mass is 9.84. The van der Waals surface area contributed by atoms with Crippen LogP contribution in [0.15, 0.2) is 152 Å². The summed E-state index contributed by atoms with van der Waals surface area (Å²) in [7, 11) is 0. The monoisotopic (exact) mass is 981 g/mol. The van der Waals surface area contributed by atoms with Gasteiger partial charge in [0.25, 0.3) is 0 Å². The largest absolute Gasteiger partial charge is 0.457 e. The molecule has 2 aromatic heterocycles. The van der Waals surface area contributed by atoms with Crippen molar-refractivity contribution in [3.05, 3.63) is 180 Å². The van der Waals surface area contributed by atoms with E-state index in [0.717, 1.165) is 112 Å². The minimum atomic E-state index is -0.436. The van der Waals surface area contributed by atoms with Gasteiger partial charge in [0, 0.05) is 46.4 Å². The predicted molar refractivity (Wildman–Crippen MR) is 301 cm³/mol. The number of hydrogen-bond donors (Lipinski definition) is 4. The fraction of sp³-hybridized carbons (Fsp3) is 0.406. The average Bonchev–Trinajstić information content (AvgIpc) is 4.30. The molecule has 9 nitrogen and oxygen atoms in total. The van der Waals surface area contributed by atoms with Gasteiger partial charge in [-0.1, -0.05) is 171 Å². The van der Waals surface area contributed by atoms with Crippen LogP contribution >= 0.6 is 0 Å². The molecule has 4 unspecified atom stereocenters. The molecule has 3 fully saturated rings. The Morgan fingerprint density at radius 3 is 1.45 bits per heavy atom. The van der Waals surface area contributed by atoms with E-state index in [4.69, 9.17) is 4.74 Å². The van der Waals surface area contributed by atoms with Crippen LogP contribution in [0.25, 0.3) is 21.8 Å². The quantitative estimate of drug-likeness (QED) is 0.102. The van der Waals surface area contributed by atoms with Gasteiger partial charge in [0.05, 0.1) is 34.4 Å². The van der Waals surface area contributed by atoms with E-state index < -0.39 is 5.92 Å². The second-order valence-corrected chi connectivity index (χ2v) is 19.1. The molecule has 3 aliphatic heterocycles. The minimum Gasteiger partial charge on any atom is -0.457 e. The molecule has 1 saturated carbocycles. The number of aromatic nitrogens is 2. The lowest BCUT2D eigenvalue weighted by Gasteiger charge is -2.37. The Morgan fingerprint density at radius 2 is 1.00 bits per heavy atom. The molecule has 9 heteroatoms. The van der Waals surface area contributed by atoms with Crippen molar-refractivity contribution < 1.29 is 14.3 Å². The zero-order valence-corrected chi connectivity index (χ0v) is 44.7. The van der Waals surface area contributed by atoms with E-state index in [9.17, 15) is 9.59 Å². The molecule has 5 heterocycles. The molecule has 6 atom stereocenters. The van der Waals surface area contributed by atoms with Gasteiger partial charge in [-0.3, -0.25) is 19.6 Å². The summed E-state index contributed by atoms with van der Waals surface area (Å²) < 4.78 is 6.14. The fourth-order valence-corrected chi connectivity index (χ4v) is 10.9. The highest BCUT2D eigenvalue weighted by molar-refractivity contribution is 5.93. The van der Waals surface area contributed by atoms with Crippen molar-refractivity contribution in [1.82, 2.24) is 31.2 Å². The van der Waals surface area contributed by atoms with E-state index in [0.29, 0.717) is 5.92 Å². The van der Waals surface area contributed by atoms with E-state index in [-0.39, 0.29) is 41.4 Å². The maximum atomic E-state index is 14.2. The van der Waals surface area contributed by atoms with Crippen molar-refractivity contribution in [3.8, 4) is 11.5 Å². The topological polar surface area (TPSA) is 117 Å². The van der Waals surface area contributed by atoms with Crippen LogP contribution in [-0.4, -0.2) is 47.0 Å². The number of pyridine rings is 2. The fourth-order valence-electron chi connectivity index (χ4n) is 10.9. The molecule has 4 aliphatic rings. The summed E-state index contributed by atoms with van der Waals surface area (Å²) in [6, 6.07) is 46.7. The Labute approximate surface area is 435 Å². The molecule has 2 saturated heterocycles. The summed E-state index contributed by atoms with van der Waals surface area (Å²) >= 11 is 0. The molecular weight excluding hydrogens is 901 g/mol. The van der Waals surface area contributed by atoms with Gasteiger partial charge in [0.2, 0.25) is 11.8 Å². The first-order valence-electron chi connectivity index (χ1n) is 27.6. The van der Waals surface area contributed by atoms with Gasteiger partial charge in [-0.25, -0.2) is 0 Å². The molecule has 2 amide bonds. The summed E-state index contributed by atoms with van der Waals surface area (Å²) in [5.74, 6) is 2.59. The van der Waals surface area contributed by atoms with E-state index in [1.54, 1.807) is 0 Å². The van der Waals surface area contributed by atoms with Crippen LogP contribution in [0.2, 0.25) is 0 Å². The number of amides is 2. The first kappa shape index (κ1) is 54.4. The third kappa shape index (κ3) is 12.3. The van der Waals surface area contributed by atoms with Crippen LogP contribution in [0, 0.1) is 11.8 Å². The molecule has 7 aromatic rings. The van der Waals surface area contributed by atoms with Gasteiger partial charge in [-0.15, -0.1) is 0 Å². The molecular formula is C64H80N6O3. The lowest BCUT2D eigenvalue weighted by Crippen LogP contribution is -2.50. The number of nitrogens with one attached hydrogen (secondary N) is 4. The molecule has 4 N–H and O–H groups in total. The number of piperidine rings is 2. The second-order valence-electron chi connectivity index (χ2n) is 19.1. The Hall–Kier alpha value is -6.42. The first-order valence-corrected chi connectivity index (χ1v) is 27.6. The third-order valence-electron chi connectivity index (χ3n) is 15.1. The van der Waals surface area contributed by atoms with Gasteiger partial charge in [-0.05, 0) is 117 Å². The first-order chi connectivity index (χ1) is 35.9. The number of ether oxygens (including phenoxy) is 1. The molecule has 5 aromatic carbocycles. The Morgan fingerprint density at radius 1 is 0.562 bits per heavy atom.